The first-order valence-corrected chi connectivity index (χ1v) is 6.06. The van der Waals surface area contributed by atoms with Crippen LogP contribution in [0.25, 0.3) is 6.08 Å². The van der Waals surface area contributed by atoms with Gasteiger partial charge in [-0.2, -0.15) is 0 Å². The van der Waals surface area contributed by atoms with Crippen molar-refractivity contribution in [1.29, 1.82) is 0 Å². The van der Waals surface area contributed by atoms with Gasteiger partial charge in [-0.05, 0) is 24.5 Å². The zero-order valence-corrected chi connectivity index (χ0v) is 9.71. The Labute approximate surface area is 94.0 Å². The van der Waals surface area contributed by atoms with Crippen molar-refractivity contribution < 1.29 is 0 Å². The molecule has 0 N–H and O–H groups in total. The maximum absolute atomic E-state index is 3.19. The van der Waals surface area contributed by atoms with Gasteiger partial charge in [-0.15, -0.1) is 0 Å². The van der Waals surface area contributed by atoms with Crippen LogP contribution in [0.1, 0.15) is 51.0 Å². The van der Waals surface area contributed by atoms with Crippen LogP contribution >= 0.6 is 0 Å². The number of unbranched alkanes of at least 4 members (excludes halogenated alkanes) is 5. The molecule has 1 radical (unpaired) electrons. The van der Waals surface area contributed by atoms with Gasteiger partial charge in [0, 0.05) is 0 Å². The highest BCUT2D eigenvalue weighted by atomic mass is 13.9. The highest BCUT2D eigenvalue weighted by Crippen LogP contribution is 2.07. The van der Waals surface area contributed by atoms with Crippen molar-refractivity contribution in [3.05, 3.63) is 42.0 Å². The standard InChI is InChI=1S/C15H21/c1-2-3-4-5-6-7-9-12-15-13-10-8-11-14-15/h8-13H,2-7H2,1H3/b12-9+. The molecule has 0 aliphatic carbocycles. The summed E-state index contributed by atoms with van der Waals surface area (Å²) in [4.78, 5) is 0. The van der Waals surface area contributed by atoms with Crippen LogP contribution in [0.3, 0.4) is 0 Å². The van der Waals surface area contributed by atoms with Gasteiger partial charge in [0.15, 0.2) is 0 Å². The van der Waals surface area contributed by atoms with Crippen LogP contribution in [0.5, 0.6) is 0 Å². The summed E-state index contributed by atoms with van der Waals surface area (Å²) in [6.07, 6.45) is 12.4. The van der Waals surface area contributed by atoms with E-state index in [2.05, 4.69) is 37.3 Å². The summed E-state index contributed by atoms with van der Waals surface area (Å²) in [6, 6.07) is 11.3. The normalized spacial score (nSPS) is 11.0. The second-order valence-corrected chi connectivity index (χ2v) is 3.92. The van der Waals surface area contributed by atoms with Crippen LogP contribution in [0.4, 0.5) is 0 Å². The highest BCUT2D eigenvalue weighted by Gasteiger charge is 1.87. The Morgan fingerprint density at radius 2 is 2.00 bits per heavy atom. The molecular formula is C15H21. The summed E-state index contributed by atoms with van der Waals surface area (Å²) in [5, 5.41) is 0. The van der Waals surface area contributed by atoms with Crippen LogP contribution in [0, 0.1) is 6.07 Å². The topological polar surface area (TPSA) is 0 Å². The van der Waals surface area contributed by atoms with Crippen LogP contribution in [0.15, 0.2) is 30.3 Å². The predicted molar refractivity (Wildman–Crippen MR) is 67.7 cm³/mol. The van der Waals surface area contributed by atoms with Crippen molar-refractivity contribution >= 4 is 6.08 Å². The third-order valence-corrected chi connectivity index (χ3v) is 2.50. The fourth-order valence-electron chi connectivity index (χ4n) is 1.59. The molecular weight excluding hydrogens is 180 g/mol. The monoisotopic (exact) mass is 201 g/mol. The second-order valence-electron chi connectivity index (χ2n) is 3.92. The first-order chi connectivity index (χ1) is 7.43. The zero-order chi connectivity index (χ0) is 10.8. The number of allylic oxidation sites excluding steroid dienone is 1. The van der Waals surface area contributed by atoms with E-state index in [1.165, 1.54) is 44.1 Å². The van der Waals surface area contributed by atoms with E-state index in [0.717, 1.165) is 0 Å². The average Bonchev–Trinajstić information content (AvgIpc) is 2.29. The average molecular weight is 201 g/mol. The summed E-state index contributed by atoms with van der Waals surface area (Å²) in [5.74, 6) is 0. The van der Waals surface area contributed by atoms with E-state index in [9.17, 15) is 0 Å². The van der Waals surface area contributed by atoms with Gasteiger partial charge in [0.1, 0.15) is 0 Å². The van der Waals surface area contributed by atoms with Gasteiger partial charge in [0.05, 0.1) is 0 Å². The number of benzene rings is 1. The van der Waals surface area contributed by atoms with Crippen molar-refractivity contribution in [2.24, 2.45) is 0 Å². The summed E-state index contributed by atoms with van der Waals surface area (Å²) in [7, 11) is 0. The second kappa shape index (κ2) is 8.28. The molecule has 81 valence electrons. The third-order valence-electron chi connectivity index (χ3n) is 2.50. The van der Waals surface area contributed by atoms with Gasteiger partial charge >= 0.3 is 0 Å². The van der Waals surface area contributed by atoms with E-state index in [4.69, 9.17) is 0 Å². The van der Waals surface area contributed by atoms with Crippen LogP contribution in [-0.2, 0) is 0 Å². The van der Waals surface area contributed by atoms with Gasteiger partial charge in [0.2, 0.25) is 0 Å². The number of hydrogen-bond donors (Lipinski definition) is 0. The van der Waals surface area contributed by atoms with E-state index in [1.54, 1.807) is 0 Å². The fourth-order valence-corrected chi connectivity index (χ4v) is 1.59. The molecule has 15 heavy (non-hydrogen) atoms. The lowest BCUT2D eigenvalue weighted by atomic mass is 10.1. The van der Waals surface area contributed by atoms with Gasteiger partial charge in [-0.3, -0.25) is 0 Å². The molecule has 0 bridgehead atoms. The van der Waals surface area contributed by atoms with Gasteiger partial charge in [-0.25, -0.2) is 0 Å². The van der Waals surface area contributed by atoms with Gasteiger partial charge < -0.3 is 0 Å². The summed E-state index contributed by atoms with van der Waals surface area (Å²) in [6.45, 7) is 2.26. The molecule has 1 aromatic carbocycles. The van der Waals surface area contributed by atoms with E-state index in [0.29, 0.717) is 0 Å². The lowest BCUT2D eigenvalue weighted by Gasteiger charge is -1.96. The molecule has 0 nitrogen and oxygen atoms in total. The lowest BCUT2D eigenvalue weighted by Crippen LogP contribution is -1.76. The molecule has 0 unspecified atom stereocenters. The van der Waals surface area contributed by atoms with Crippen molar-refractivity contribution in [3.8, 4) is 0 Å². The molecule has 0 atom stereocenters. The zero-order valence-electron chi connectivity index (χ0n) is 9.71. The minimum Gasteiger partial charge on any atom is -0.0839 e. The maximum atomic E-state index is 3.19. The maximum Gasteiger partial charge on any atom is -0.0106 e. The molecule has 0 spiro atoms. The summed E-state index contributed by atoms with van der Waals surface area (Å²) in [5.41, 5.74) is 1.19. The fraction of sp³-hybridized carbons (Fsp3) is 0.467. The molecule has 0 aromatic heterocycles. The molecule has 0 heteroatoms. The minimum absolute atomic E-state index is 1.19. The molecule has 1 aromatic rings. The van der Waals surface area contributed by atoms with Crippen molar-refractivity contribution in [1.82, 2.24) is 0 Å². The van der Waals surface area contributed by atoms with Gasteiger partial charge in [-0.1, -0.05) is 69.0 Å². The van der Waals surface area contributed by atoms with Gasteiger partial charge in [0.25, 0.3) is 0 Å². The Morgan fingerprint density at radius 1 is 1.13 bits per heavy atom. The summed E-state index contributed by atoms with van der Waals surface area (Å²) >= 11 is 0. The molecule has 0 aliphatic heterocycles. The molecule has 0 saturated heterocycles. The molecule has 1 rings (SSSR count). The van der Waals surface area contributed by atoms with E-state index in [-0.39, 0.29) is 0 Å². The van der Waals surface area contributed by atoms with Crippen molar-refractivity contribution in [2.75, 3.05) is 0 Å². The van der Waals surface area contributed by atoms with E-state index in [1.807, 2.05) is 12.1 Å². The SMILES string of the molecule is CCCCCCC/C=C/c1[c]cccc1. The predicted octanol–water partition coefficient (Wildman–Crippen LogP) is 4.86. The molecule has 0 amide bonds. The van der Waals surface area contributed by atoms with E-state index < -0.39 is 0 Å². The number of rotatable bonds is 7. The summed E-state index contributed by atoms with van der Waals surface area (Å²) < 4.78 is 0. The quantitative estimate of drug-likeness (QED) is 0.553. The molecule has 0 saturated carbocycles. The number of hydrogen-bond acceptors (Lipinski definition) is 0. The third kappa shape index (κ3) is 6.11. The van der Waals surface area contributed by atoms with Crippen LogP contribution in [-0.4, -0.2) is 0 Å². The lowest BCUT2D eigenvalue weighted by molar-refractivity contribution is 0.638. The minimum atomic E-state index is 1.19. The molecule has 0 heterocycles. The molecule has 0 aliphatic rings. The van der Waals surface area contributed by atoms with E-state index >= 15 is 0 Å². The first-order valence-electron chi connectivity index (χ1n) is 6.06. The van der Waals surface area contributed by atoms with Crippen molar-refractivity contribution in [3.63, 3.8) is 0 Å². The Balaban J connectivity index is 2.07. The Kier molecular flexibility index (Phi) is 6.64. The Bertz CT molecular complexity index is 259. The largest absolute Gasteiger partial charge is 0.0839 e. The Morgan fingerprint density at radius 3 is 2.73 bits per heavy atom. The molecule has 0 fully saturated rings. The smallest absolute Gasteiger partial charge is 0.0106 e. The van der Waals surface area contributed by atoms with Crippen LogP contribution < -0.4 is 0 Å². The Hall–Kier alpha value is -1.04. The highest BCUT2D eigenvalue weighted by molar-refractivity contribution is 5.47. The van der Waals surface area contributed by atoms with Crippen LogP contribution in [0.2, 0.25) is 0 Å². The van der Waals surface area contributed by atoms with Crippen molar-refractivity contribution in [2.45, 2.75) is 45.4 Å². The first kappa shape index (κ1) is 12.0.